The molecule has 0 aliphatic carbocycles. The van der Waals surface area contributed by atoms with Crippen molar-refractivity contribution < 1.29 is 23.4 Å². The first-order valence-electron chi connectivity index (χ1n) is 18.5. The van der Waals surface area contributed by atoms with Gasteiger partial charge in [-0.05, 0) is 109 Å². The normalized spacial score (nSPS) is 11.5. The van der Waals surface area contributed by atoms with Gasteiger partial charge in [0.1, 0.15) is 23.0 Å². The van der Waals surface area contributed by atoms with E-state index in [0.29, 0.717) is 11.8 Å². The van der Waals surface area contributed by atoms with E-state index in [1.54, 1.807) is 28.4 Å². The summed E-state index contributed by atoms with van der Waals surface area (Å²) in [4.78, 5) is 4.17. The van der Waals surface area contributed by atoms with Gasteiger partial charge in [0.15, 0.2) is 0 Å². The maximum atomic E-state index is 6.77. The number of aromatic nitrogens is 4. The lowest BCUT2D eigenvalue weighted by atomic mass is 10.1. The van der Waals surface area contributed by atoms with Gasteiger partial charge in [0.2, 0.25) is 11.8 Å². The van der Waals surface area contributed by atoms with E-state index in [9.17, 15) is 0 Å². The molecule has 11 heteroatoms. The number of rotatable bonds is 10. The van der Waals surface area contributed by atoms with Gasteiger partial charge in [-0.1, -0.05) is 0 Å². The van der Waals surface area contributed by atoms with Crippen molar-refractivity contribution in [3.63, 3.8) is 0 Å². The standard InChI is InChI=1S/C46H42N6O5/c1-49(2)27-9-15-33(43(21-27)51-39-17-11-29(53-5)23-35(39)36-24-30(54-6)12-18-40(36)51)45-47-48-46(57-45)34-16-10-28(50(3)4)22-44(34)52-41-19-13-31(55-7)25-37(41)38-26-32(56-8)14-20-42(38)52/h9-26H,1-8H3. The second-order valence-electron chi connectivity index (χ2n) is 14.3. The van der Waals surface area contributed by atoms with Crippen LogP contribution in [0.5, 0.6) is 23.0 Å². The van der Waals surface area contributed by atoms with Crippen molar-refractivity contribution in [2.24, 2.45) is 0 Å². The predicted molar refractivity (Wildman–Crippen MR) is 229 cm³/mol. The van der Waals surface area contributed by atoms with Crippen LogP contribution in [0.4, 0.5) is 11.4 Å². The molecule has 0 radical (unpaired) electrons. The number of nitrogens with zero attached hydrogens (tertiary/aromatic N) is 6. The van der Waals surface area contributed by atoms with E-state index in [4.69, 9.17) is 33.6 Å². The summed E-state index contributed by atoms with van der Waals surface area (Å²) >= 11 is 0. The van der Waals surface area contributed by atoms with Gasteiger partial charge < -0.3 is 42.3 Å². The van der Waals surface area contributed by atoms with Crippen molar-refractivity contribution in [1.29, 1.82) is 0 Å². The largest absolute Gasteiger partial charge is 0.497 e. The molecule has 9 aromatic rings. The molecule has 0 aliphatic heterocycles. The Kier molecular flexibility index (Phi) is 8.65. The number of fused-ring (bicyclic) bond motifs is 6. The minimum Gasteiger partial charge on any atom is -0.497 e. The van der Waals surface area contributed by atoms with Crippen LogP contribution in [0.25, 0.3) is 77.9 Å². The summed E-state index contributed by atoms with van der Waals surface area (Å²) in [6, 6.07) is 37.1. The first-order valence-corrected chi connectivity index (χ1v) is 18.5. The van der Waals surface area contributed by atoms with Gasteiger partial charge in [-0.3, -0.25) is 0 Å². The van der Waals surface area contributed by atoms with E-state index in [-0.39, 0.29) is 0 Å². The number of benzene rings is 6. The lowest BCUT2D eigenvalue weighted by molar-refractivity contribution is 0.415. The zero-order valence-electron chi connectivity index (χ0n) is 33.1. The fourth-order valence-electron chi connectivity index (χ4n) is 7.76. The van der Waals surface area contributed by atoms with Crippen LogP contribution in [0, 0.1) is 0 Å². The van der Waals surface area contributed by atoms with Crippen LogP contribution in [0.1, 0.15) is 0 Å². The maximum absolute atomic E-state index is 6.77. The lowest BCUT2D eigenvalue weighted by Gasteiger charge is -2.18. The van der Waals surface area contributed by atoms with Crippen LogP contribution in [-0.4, -0.2) is 76.0 Å². The Labute approximate surface area is 329 Å². The van der Waals surface area contributed by atoms with E-state index in [1.165, 1.54) is 0 Å². The molecule has 9 rings (SSSR count). The highest BCUT2D eigenvalue weighted by atomic mass is 16.5. The van der Waals surface area contributed by atoms with Gasteiger partial charge in [0.25, 0.3) is 0 Å². The van der Waals surface area contributed by atoms with Crippen LogP contribution < -0.4 is 28.7 Å². The van der Waals surface area contributed by atoms with Gasteiger partial charge >= 0.3 is 0 Å². The smallest absolute Gasteiger partial charge is 0.250 e. The topological polar surface area (TPSA) is 92.2 Å². The predicted octanol–water partition coefficient (Wildman–Crippen LogP) is 9.76. The van der Waals surface area contributed by atoms with Crippen molar-refractivity contribution in [3.8, 4) is 57.3 Å². The van der Waals surface area contributed by atoms with Crippen LogP contribution >= 0.6 is 0 Å². The van der Waals surface area contributed by atoms with E-state index in [1.807, 2.05) is 52.5 Å². The Bertz CT molecular complexity index is 2670. The lowest BCUT2D eigenvalue weighted by Crippen LogP contribution is -2.09. The summed E-state index contributed by atoms with van der Waals surface area (Å²) in [6.07, 6.45) is 0. The molecule has 0 atom stereocenters. The Balaban J connectivity index is 1.27. The molecule has 11 nitrogen and oxygen atoms in total. The van der Waals surface area contributed by atoms with Crippen LogP contribution in [0.3, 0.4) is 0 Å². The molecule has 0 saturated carbocycles. The highest BCUT2D eigenvalue weighted by Gasteiger charge is 2.24. The van der Waals surface area contributed by atoms with Crippen molar-refractivity contribution in [1.82, 2.24) is 19.3 Å². The molecular weight excluding hydrogens is 717 g/mol. The number of hydrogen-bond acceptors (Lipinski definition) is 9. The summed E-state index contributed by atoms with van der Waals surface area (Å²) < 4.78 is 33.9. The SMILES string of the molecule is COc1ccc2c(c1)c1cc(OC)ccc1n2-c1cc(N(C)C)ccc1-c1nnc(-c2ccc(N(C)C)cc2-n2c3ccc(OC)cc3c3cc(OC)ccc32)o1. The molecule has 0 amide bonds. The summed E-state index contributed by atoms with van der Waals surface area (Å²) in [7, 11) is 14.9. The molecule has 0 bridgehead atoms. The van der Waals surface area contributed by atoms with E-state index in [0.717, 1.165) is 100 Å². The van der Waals surface area contributed by atoms with Crippen molar-refractivity contribution in [2.75, 3.05) is 66.4 Å². The number of methoxy groups -OCH3 is 4. The number of hydrogen-bond donors (Lipinski definition) is 0. The van der Waals surface area contributed by atoms with Crippen molar-refractivity contribution in [3.05, 3.63) is 109 Å². The molecule has 0 saturated heterocycles. The minimum absolute atomic E-state index is 0.390. The third-order valence-electron chi connectivity index (χ3n) is 10.7. The number of anilines is 2. The molecule has 286 valence electrons. The Morgan fingerprint density at radius 3 is 1.02 bits per heavy atom. The molecule has 0 aliphatic rings. The van der Waals surface area contributed by atoms with Crippen molar-refractivity contribution >= 4 is 55.0 Å². The van der Waals surface area contributed by atoms with Gasteiger partial charge in [0.05, 0.1) is 73.0 Å². The highest BCUT2D eigenvalue weighted by molar-refractivity contribution is 6.12. The van der Waals surface area contributed by atoms with E-state index >= 15 is 0 Å². The van der Waals surface area contributed by atoms with Crippen LogP contribution in [0.15, 0.2) is 114 Å². The van der Waals surface area contributed by atoms with E-state index < -0.39 is 0 Å². The monoisotopic (exact) mass is 758 g/mol. The summed E-state index contributed by atoms with van der Waals surface area (Å²) in [5.74, 6) is 3.86. The third kappa shape index (κ3) is 5.81. The Hall–Kier alpha value is -7.14. The zero-order valence-corrected chi connectivity index (χ0v) is 33.1. The average Bonchev–Trinajstić information content (AvgIpc) is 3.95. The van der Waals surface area contributed by atoms with E-state index in [2.05, 4.69) is 104 Å². The van der Waals surface area contributed by atoms with Crippen LogP contribution in [0.2, 0.25) is 0 Å². The average molecular weight is 759 g/mol. The van der Waals surface area contributed by atoms with Gasteiger partial charge in [-0.2, -0.15) is 0 Å². The van der Waals surface area contributed by atoms with Crippen molar-refractivity contribution in [2.45, 2.75) is 0 Å². The summed E-state index contributed by atoms with van der Waals surface area (Å²) in [6.45, 7) is 0. The molecule has 0 spiro atoms. The molecule has 6 aromatic carbocycles. The van der Waals surface area contributed by atoms with Gasteiger partial charge in [-0.25, -0.2) is 0 Å². The molecular formula is C46H42N6O5. The van der Waals surface area contributed by atoms with Gasteiger partial charge in [-0.15, -0.1) is 10.2 Å². The maximum Gasteiger partial charge on any atom is 0.250 e. The van der Waals surface area contributed by atoms with Crippen LogP contribution in [-0.2, 0) is 0 Å². The molecule has 3 aromatic heterocycles. The fourth-order valence-corrected chi connectivity index (χ4v) is 7.76. The summed E-state index contributed by atoms with van der Waals surface area (Å²) in [5, 5.41) is 13.6. The zero-order chi connectivity index (χ0) is 39.5. The molecule has 0 unspecified atom stereocenters. The Morgan fingerprint density at radius 1 is 0.421 bits per heavy atom. The molecule has 57 heavy (non-hydrogen) atoms. The quantitative estimate of drug-likeness (QED) is 0.135. The van der Waals surface area contributed by atoms with Gasteiger partial charge in [0, 0.05) is 61.1 Å². The second kappa shape index (κ2) is 13.9. The second-order valence-corrected chi connectivity index (χ2v) is 14.3. The first-order chi connectivity index (χ1) is 27.7. The molecule has 0 N–H and O–H groups in total. The highest BCUT2D eigenvalue weighted by Crippen LogP contribution is 2.43. The molecule has 3 heterocycles. The fraction of sp³-hybridized carbons (Fsp3) is 0.174. The number of ether oxygens (including phenoxy) is 4. The minimum atomic E-state index is 0.390. The molecule has 0 fully saturated rings. The third-order valence-corrected chi connectivity index (χ3v) is 10.7. The first kappa shape index (κ1) is 35.6. The Morgan fingerprint density at radius 2 is 0.737 bits per heavy atom. The summed E-state index contributed by atoms with van der Waals surface area (Å²) in [5.41, 5.74) is 9.38.